The lowest BCUT2D eigenvalue weighted by Crippen LogP contribution is -2.40. The van der Waals surface area contributed by atoms with Gasteiger partial charge in [-0.05, 0) is 25.1 Å². The first-order valence-electron chi connectivity index (χ1n) is 7.31. The van der Waals surface area contributed by atoms with Gasteiger partial charge in [0, 0.05) is 18.3 Å². The van der Waals surface area contributed by atoms with Crippen molar-refractivity contribution in [1.29, 1.82) is 5.26 Å². The Morgan fingerprint density at radius 3 is 3.04 bits per heavy atom. The number of anilines is 1. The Hall–Kier alpha value is -2.14. The number of rotatable bonds is 1. The van der Waals surface area contributed by atoms with Gasteiger partial charge in [0.05, 0.1) is 30.1 Å². The molecule has 2 aliphatic rings. The van der Waals surface area contributed by atoms with E-state index in [1.807, 2.05) is 10.7 Å². The van der Waals surface area contributed by atoms with Crippen LogP contribution < -0.4 is 11.1 Å². The number of nitrogens with one attached hydrogen (secondary N) is 1. The predicted molar refractivity (Wildman–Crippen MR) is 87.0 cm³/mol. The summed E-state index contributed by atoms with van der Waals surface area (Å²) in [6, 6.07) is 5.83. The van der Waals surface area contributed by atoms with Crippen LogP contribution in [0.15, 0.2) is 18.3 Å². The van der Waals surface area contributed by atoms with Gasteiger partial charge in [-0.15, -0.1) is 12.4 Å². The number of nitrogens with zero attached hydrogens (tertiary/aromatic N) is 4. The van der Waals surface area contributed by atoms with Gasteiger partial charge in [0.2, 0.25) is 0 Å². The summed E-state index contributed by atoms with van der Waals surface area (Å²) in [6.07, 6.45) is 2.60. The molecule has 1 saturated heterocycles. The second-order valence-corrected chi connectivity index (χ2v) is 5.68. The highest BCUT2D eigenvalue weighted by molar-refractivity contribution is 5.85. The van der Waals surface area contributed by atoms with E-state index < -0.39 is 0 Å². The highest BCUT2D eigenvalue weighted by atomic mass is 35.5. The van der Waals surface area contributed by atoms with Crippen molar-refractivity contribution >= 4 is 18.2 Å². The zero-order chi connectivity index (χ0) is 15.2. The number of fused-ring (bicyclic) bond motifs is 2. The highest BCUT2D eigenvalue weighted by Crippen LogP contribution is 2.37. The molecule has 2 aliphatic heterocycles. The highest BCUT2D eigenvalue weighted by Gasteiger charge is 2.42. The minimum Gasteiger partial charge on any atom is -0.383 e. The van der Waals surface area contributed by atoms with E-state index >= 15 is 0 Å². The number of aromatic nitrogens is 3. The molecule has 1 atom stereocenters. The molecule has 4 rings (SSSR count). The molecule has 7 nitrogen and oxygen atoms in total. The summed E-state index contributed by atoms with van der Waals surface area (Å²) in [5, 5.41) is 17.1. The first-order chi connectivity index (χ1) is 10.7. The molecule has 0 bridgehead atoms. The second-order valence-electron chi connectivity index (χ2n) is 5.68. The van der Waals surface area contributed by atoms with Crippen LogP contribution >= 0.6 is 12.4 Å². The van der Waals surface area contributed by atoms with Crippen molar-refractivity contribution in [3.63, 3.8) is 0 Å². The molecule has 0 radical (unpaired) electrons. The molecule has 1 fully saturated rings. The molecule has 8 heteroatoms. The first kappa shape index (κ1) is 15.7. The number of halogens is 1. The first-order valence-corrected chi connectivity index (χ1v) is 7.31. The SMILES string of the molecule is Cl.N#Cc1cc(-c2cc3n(n2)CCOC32CCNC2)cnc1N. The molecular weight excluding hydrogens is 316 g/mol. The summed E-state index contributed by atoms with van der Waals surface area (Å²) in [7, 11) is 0. The van der Waals surface area contributed by atoms with Crippen LogP contribution in [0.3, 0.4) is 0 Å². The zero-order valence-electron chi connectivity index (χ0n) is 12.5. The van der Waals surface area contributed by atoms with Gasteiger partial charge in [-0.1, -0.05) is 0 Å². The van der Waals surface area contributed by atoms with E-state index in [4.69, 9.17) is 15.7 Å². The maximum absolute atomic E-state index is 9.10. The number of pyridine rings is 1. The van der Waals surface area contributed by atoms with Gasteiger partial charge in [-0.3, -0.25) is 4.68 Å². The molecule has 0 saturated carbocycles. The normalized spacial score (nSPS) is 22.4. The number of nitriles is 1. The molecule has 2 aromatic heterocycles. The van der Waals surface area contributed by atoms with Crippen molar-refractivity contribution in [2.24, 2.45) is 0 Å². The van der Waals surface area contributed by atoms with E-state index in [1.165, 1.54) is 0 Å². The van der Waals surface area contributed by atoms with Gasteiger partial charge in [-0.2, -0.15) is 10.4 Å². The summed E-state index contributed by atoms with van der Waals surface area (Å²) >= 11 is 0. The molecule has 3 N–H and O–H groups in total. The van der Waals surface area contributed by atoms with E-state index in [0.29, 0.717) is 12.2 Å². The zero-order valence-corrected chi connectivity index (χ0v) is 13.3. The Balaban J connectivity index is 0.00000156. The van der Waals surface area contributed by atoms with Crippen LogP contribution in [-0.2, 0) is 16.9 Å². The Labute approximate surface area is 139 Å². The summed E-state index contributed by atoms with van der Waals surface area (Å²) in [5.41, 5.74) is 8.47. The predicted octanol–water partition coefficient (Wildman–Crippen LogP) is 1.04. The standard InChI is InChI=1S/C15H16N6O.ClH/c16-7-10-5-11(8-19-14(10)17)12-6-13-15(1-2-18-9-15)22-4-3-21(13)20-12;/h5-6,8,18H,1-4,9H2,(H2,17,19);1H. The van der Waals surface area contributed by atoms with Crippen molar-refractivity contribution in [2.75, 3.05) is 25.4 Å². The quantitative estimate of drug-likeness (QED) is 0.809. The number of nitrogens with two attached hydrogens (primary N) is 1. The molecule has 1 unspecified atom stereocenters. The van der Waals surface area contributed by atoms with E-state index in [0.717, 1.165) is 43.0 Å². The maximum atomic E-state index is 9.10. The van der Waals surface area contributed by atoms with Gasteiger partial charge in [0.25, 0.3) is 0 Å². The smallest absolute Gasteiger partial charge is 0.141 e. The Bertz CT molecular complexity index is 775. The van der Waals surface area contributed by atoms with Gasteiger partial charge in [-0.25, -0.2) is 4.98 Å². The van der Waals surface area contributed by atoms with Gasteiger partial charge in [0.15, 0.2) is 0 Å². The van der Waals surface area contributed by atoms with Crippen molar-refractivity contribution < 1.29 is 4.74 Å². The second kappa shape index (κ2) is 5.81. The van der Waals surface area contributed by atoms with Crippen molar-refractivity contribution in [3.05, 3.63) is 29.6 Å². The summed E-state index contributed by atoms with van der Waals surface area (Å²) < 4.78 is 8.06. The summed E-state index contributed by atoms with van der Waals surface area (Å²) in [6.45, 7) is 3.16. The number of hydrogen-bond acceptors (Lipinski definition) is 6. The third kappa shape index (κ3) is 2.45. The van der Waals surface area contributed by atoms with Crippen molar-refractivity contribution in [2.45, 2.75) is 18.6 Å². The average Bonchev–Trinajstić information content (AvgIpc) is 3.16. The fourth-order valence-corrected chi connectivity index (χ4v) is 3.21. The van der Waals surface area contributed by atoms with E-state index in [2.05, 4.69) is 21.5 Å². The van der Waals surface area contributed by atoms with Crippen LogP contribution in [0.4, 0.5) is 5.82 Å². The molecule has 2 aromatic rings. The molecule has 0 amide bonds. The summed E-state index contributed by atoms with van der Waals surface area (Å²) in [4.78, 5) is 4.08. The lowest BCUT2D eigenvalue weighted by Gasteiger charge is -2.33. The van der Waals surface area contributed by atoms with Crippen molar-refractivity contribution in [3.8, 4) is 17.3 Å². The third-order valence-corrected chi connectivity index (χ3v) is 4.38. The fraction of sp³-hybridized carbons (Fsp3) is 0.400. The Morgan fingerprint density at radius 1 is 1.43 bits per heavy atom. The molecular formula is C15H17ClN6O. The lowest BCUT2D eigenvalue weighted by atomic mass is 9.96. The van der Waals surface area contributed by atoms with Gasteiger partial charge < -0.3 is 15.8 Å². The lowest BCUT2D eigenvalue weighted by molar-refractivity contribution is -0.0657. The molecule has 1 spiro atoms. The minimum absolute atomic E-state index is 0. The number of ether oxygens (including phenoxy) is 1. The van der Waals surface area contributed by atoms with Crippen LogP contribution in [-0.4, -0.2) is 34.5 Å². The summed E-state index contributed by atoms with van der Waals surface area (Å²) in [5.74, 6) is 0.245. The van der Waals surface area contributed by atoms with E-state index in [1.54, 1.807) is 12.3 Å². The largest absolute Gasteiger partial charge is 0.383 e. The Morgan fingerprint density at radius 2 is 2.30 bits per heavy atom. The third-order valence-electron chi connectivity index (χ3n) is 4.38. The number of hydrogen-bond donors (Lipinski definition) is 2. The number of nitrogen functional groups attached to an aromatic ring is 1. The van der Waals surface area contributed by atoms with Crippen molar-refractivity contribution in [1.82, 2.24) is 20.1 Å². The molecule has 0 aromatic carbocycles. The fourth-order valence-electron chi connectivity index (χ4n) is 3.21. The molecule has 120 valence electrons. The molecule has 4 heterocycles. The Kier molecular flexibility index (Phi) is 3.98. The van der Waals surface area contributed by atoms with Crippen LogP contribution in [0.1, 0.15) is 17.7 Å². The van der Waals surface area contributed by atoms with Crippen LogP contribution in [0.2, 0.25) is 0 Å². The molecule has 0 aliphatic carbocycles. The molecule has 23 heavy (non-hydrogen) atoms. The van der Waals surface area contributed by atoms with Crippen LogP contribution in [0, 0.1) is 11.3 Å². The van der Waals surface area contributed by atoms with E-state index in [9.17, 15) is 0 Å². The topological polar surface area (TPSA) is 102 Å². The van der Waals surface area contributed by atoms with Gasteiger partial charge >= 0.3 is 0 Å². The average molecular weight is 333 g/mol. The van der Waals surface area contributed by atoms with E-state index in [-0.39, 0.29) is 23.8 Å². The maximum Gasteiger partial charge on any atom is 0.141 e. The minimum atomic E-state index is -0.275. The van der Waals surface area contributed by atoms with Gasteiger partial charge in [0.1, 0.15) is 17.5 Å². The van der Waals surface area contributed by atoms with Crippen LogP contribution in [0.25, 0.3) is 11.3 Å². The van der Waals surface area contributed by atoms with Crippen LogP contribution in [0.5, 0.6) is 0 Å². The monoisotopic (exact) mass is 332 g/mol.